The van der Waals surface area contributed by atoms with Gasteiger partial charge in [-0.3, -0.25) is 4.68 Å². The Labute approximate surface area is 109 Å². The maximum Gasteiger partial charge on any atom is 0.0957 e. The van der Waals surface area contributed by atoms with Crippen molar-refractivity contribution in [2.24, 2.45) is 12.8 Å². The van der Waals surface area contributed by atoms with E-state index in [-0.39, 0.29) is 0 Å². The number of hydrogen-bond donors (Lipinski definition) is 1. The number of nitrogens with zero attached hydrogens (tertiary/aromatic N) is 2. The fourth-order valence-corrected chi connectivity index (χ4v) is 2.40. The van der Waals surface area contributed by atoms with Gasteiger partial charge in [0.15, 0.2) is 0 Å². The first-order valence-electron chi connectivity index (χ1n) is 6.34. The van der Waals surface area contributed by atoms with Gasteiger partial charge in [-0.2, -0.15) is 5.10 Å². The lowest BCUT2D eigenvalue weighted by atomic mass is 9.99. The van der Waals surface area contributed by atoms with Crippen LogP contribution in [0.2, 0.25) is 0 Å². The molecule has 2 aromatic rings. The molecule has 2 rings (SSSR count). The van der Waals surface area contributed by atoms with Crippen molar-refractivity contribution in [1.29, 1.82) is 0 Å². The van der Waals surface area contributed by atoms with Crippen LogP contribution in [0.25, 0.3) is 11.3 Å². The van der Waals surface area contributed by atoms with Crippen molar-refractivity contribution in [3.63, 3.8) is 0 Å². The Morgan fingerprint density at radius 1 is 1.22 bits per heavy atom. The van der Waals surface area contributed by atoms with Crippen molar-refractivity contribution >= 4 is 0 Å². The Kier molecular flexibility index (Phi) is 3.53. The van der Waals surface area contributed by atoms with Gasteiger partial charge in [0.05, 0.1) is 5.69 Å². The van der Waals surface area contributed by atoms with E-state index >= 15 is 0 Å². The molecule has 0 bridgehead atoms. The van der Waals surface area contributed by atoms with Crippen molar-refractivity contribution in [1.82, 2.24) is 9.78 Å². The number of aromatic nitrogens is 2. The van der Waals surface area contributed by atoms with Gasteiger partial charge in [-0.15, -0.1) is 0 Å². The van der Waals surface area contributed by atoms with Crippen molar-refractivity contribution in [2.75, 3.05) is 6.54 Å². The number of hydrogen-bond acceptors (Lipinski definition) is 2. The maximum atomic E-state index is 5.66. The summed E-state index contributed by atoms with van der Waals surface area (Å²) in [6.07, 6.45) is 0.875. The van der Waals surface area contributed by atoms with Crippen LogP contribution < -0.4 is 5.73 Å². The van der Waals surface area contributed by atoms with Gasteiger partial charge in [0.2, 0.25) is 0 Å². The van der Waals surface area contributed by atoms with Crippen molar-refractivity contribution in [3.05, 3.63) is 40.6 Å². The SMILES string of the molecule is Cc1ccc(C)c(-c2nn(C)c(CCN)c2C)c1. The molecule has 0 fully saturated rings. The first-order valence-corrected chi connectivity index (χ1v) is 6.34. The molecule has 1 heterocycles. The van der Waals surface area contributed by atoms with Crippen LogP contribution in [0.3, 0.4) is 0 Å². The van der Waals surface area contributed by atoms with Crippen molar-refractivity contribution in [3.8, 4) is 11.3 Å². The minimum absolute atomic E-state index is 0.659. The lowest BCUT2D eigenvalue weighted by Gasteiger charge is -2.05. The predicted molar refractivity (Wildman–Crippen MR) is 75.6 cm³/mol. The fourth-order valence-electron chi connectivity index (χ4n) is 2.40. The molecular formula is C15H21N3. The Bertz CT molecular complexity index is 567. The topological polar surface area (TPSA) is 43.8 Å². The van der Waals surface area contributed by atoms with Crippen LogP contribution >= 0.6 is 0 Å². The highest BCUT2D eigenvalue weighted by molar-refractivity contribution is 5.68. The van der Waals surface area contributed by atoms with Crippen LogP contribution in [0.4, 0.5) is 0 Å². The van der Waals surface area contributed by atoms with E-state index in [9.17, 15) is 0 Å². The van der Waals surface area contributed by atoms with Crippen molar-refractivity contribution < 1.29 is 0 Å². The van der Waals surface area contributed by atoms with Crippen LogP contribution in [-0.4, -0.2) is 16.3 Å². The number of nitrogens with two attached hydrogens (primary N) is 1. The third-order valence-corrected chi connectivity index (χ3v) is 3.46. The summed E-state index contributed by atoms with van der Waals surface area (Å²) in [4.78, 5) is 0. The maximum absolute atomic E-state index is 5.66. The Morgan fingerprint density at radius 2 is 1.94 bits per heavy atom. The van der Waals surface area contributed by atoms with E-state index in [4.69, 9.17) is 5.73 Å². The summed E-state index contributed by atoms with van der Waals surface area (Å²) in [5.41, 5.74) is 13.0. The standard InChI is InChI=1S/C15H21N3/c1-10-5-6-11(2)13(9-10)15-12(3)14(7-8-16)18(4)17-15/h5-6,9H,7-8,16H2,1-4H3. The lowest BCUT2D eigenvalue weighted by molar-refractivity contribution is 0.706. The van der Waals surface area contributed by atoms with Gasteiger partial charge in [-0.1, -0.05) is 17.7 Å². The van der Waals surface area contributed by atoms with Gasteiger partial charge < -0.3 is 5.73 Å². The average Bonchev–Trinajstić information content (AvgIpc) is 2.61. The van der Waals surface area contributed by atoms with E-state index in [1.165, 1.54) is 27.9 Å². The highest BCUT2D eigenvalue weighted by atomic mass is 15.3. The molecule has 0 saturated carbocycles. The molecule has 0 radical (unpaired) electrons. The molecule has 1 aromatic carbocycles. The summed E-state index contributed by atoms with van der Waals surface area (Å²) >= 11 is 0. The summed E-state index contributed by atoms with van der Waals surface area (Å²) in [7, 11) is 1.99. The molecular weight excluding hydrogens is 222 g/mol. The highest BCUT2D eigenvalue weighted by Crippen LogP contribution is 2.28. The molecule has 18 heavy (non-hydrogen) atoms. The van der Waals surface area contributed by atoms with Gasteiger partial charge in [0.1, 0.15) is 0 Å². The molecule has 0 aliphatic rings. The molecule has 0 aliphatic carbocycles. The first-order chi connectivity index (χ1) is 8.54. The second-order valence-electron chi connectivity index (χ2n) is 4.90. The fraction of sp³-hybridized carbons (Fsp3) is 0.400. The average molecular weight is 243 g/mol. The number of aryl methyl sites for hydroxylation is 3. The smallest absolute Gasteiger partial charge is 0.0957 e. The molecule has 3 nitrogen and oxygen atoms in total. The molecule has 0 amide bonds. The van der Waals surface area contributed by atoms with Gasteiger partial charge in [0.25, 0.3) is 0 Å². The minimum atomic E-state index is 0.659. The van der Waals surface area contributed by atoms with E-state index in [0.29, 0.717) is 6.54 Å². The van der Waals surface area contributed by atoms with Gasteiger partial charge in [0, 0.05) is 24.7 Å². The Hall–Kier alpha value is -1.61. The lowest BCUT2D eigenvalue weighted by Crippen LogP contribution is -2.08. The summed E-state index contributed by atoms with van der Waals surface area (Å²) < 4.78 is 1.96. The van der Waals surface area contributed by atoms with E-state index < -0.39 is 0 Å². The molecule has 0 saturated heterocycles. The van der Waals surface area contributed by atoms with Crippen LogP contribution in [-0.2, 0) is 13.5 Å². The molecule has 3 heteroatoms. The van der Waals surface area contributed by atoms with E-state index in [1.807, 2.05) is 11.7 Å². The van der Waals surface area contributed by atoms with E-state index in [1.54, 1.807) is 0 Å². The zero-order valence-electron chi connectivity index (χ0n) is 11.6. The molecule has 96 valence electrons. The molecule has 2 N–H and O–H groups in total. The summed E-state index contributed by atoms with van der Waals surface area (Å²) in [5.74, 6) is 0. The second kappa shape index (κ2) is 4.94. The second-order valence-corrected chi connectivity index (χ2v) is 4.90. The predicted octanol–water partition coefficient (Wildman–Crippen LogP) is 2.51. The monoisotopic (exact) mass is 243 g/mol. The normalized spacial score (nSPS) is 10.9. The minimum Gasteiger partial charge on any atom is -0.330 e. The van der Waals surface area contributed by atoms with Crippen LogP contribution in [0.1, 0.15) is 22.4 Å². The molecule has 0 atom stereocenters. The quantitative estimate of drug-likeness (QED) is 0.900. The van der Waals surface area contributed by atoms with Crippen molar-refractivity contribution in [2.45, 2.75) is 27.2 Å². The largest absolute Gasteiger partial charge is 0.330 e. The molecule has 0 spiro atoms. The Balaban J connectivity index is 2.57. The third kappa shape index (κ3) is 2.18. The van der Waals surface area contributed by atoms with Crippen LogP contribution in [0.5, 0.6) is 0 Å². The summed E-state index contributed by atoms with van der Waals surface area (Å²) in [6.45, 7) is 7.04. The molecule has 1 aromatic heterocycles. The molecule has 0 unspecified atom stereocenters. The van der Waals surface area contributed by atoms with Crippen LogP contribution in [0.15, 0.2) is 18.2 Å². The molecule has 0 aliphatic heterocycles. The Morgan fingerprint density at radius 3 is 2.61 bits per heavy atom. The number of rotatable bonds is 3. The van der Waals surface area contributed by atoms with Crippen LogP contribution in [0, 0.1) is 20.8 Å². The van der Waals surface area contributed by atoms with Gasteiger partial charge >= 0.3 is 0 Å². The first kappa shape index (κ1) is 12.8. The van der Waals surface area contributed by atoms with E-state index in [0.717, 1.165) is 12.1 Å². The zero-order chi connectivity index (χ0) is 13.3. The zero-order valence-corrected chi connectivity index (χ0v) is 11.6. The third-order valence-electron chi connectivity index (χ3n) is 3.46. The number of benzene rings is 1. The summed E-state index contributed by atoms with van der Waals surface area (Å²) in [5, 5.41) is 4.66. The van der Waals surface area contributed by atoms with Gasteiger partial charge in [-0.05, 0) is 44.5 Å². The van der Waals surface area contributed by atoms with E-state index in [2.05, 4.69) is 44.1 Å². The summed E-state index contributed by atoms with van der Waals surface area (Å²) in [6, 6.07) is 6.50. The van der Waals surface area contributed by atoms with Gasteiger partial charge in [-0.25, -0.2) is 0 Å². The highest BCUT2D eigenvalue weighted by Gasteiger charge is 2.14.